The number of imidazole rings is 1. The molecule has 5 aromatic rings. The van der Waals surface area contributed by atoms with Crippen molar-refractivity contribution in [3.05, 3.63) is 107 Å². The third-order valence-corrected chi connectivity index (χ3v) is 7.39. The molecule has 0 fully saturated rings. The largest absolute Gasteiger partial charge is 0.295 e. The van der Waals surface area contributed by atoms with Gasteiger partial charge in [0.1, 0.15) is 5.69 Å². The van der Waals surface area contributed by atoms with Crippen LogP contribution in [-0.4, -0.2) is 4.57 Å². The second-order valence-electron chi connectivity index (χ2n) is 10.7. The molecule has 0 radical (unpaired) electrons. The summed E-state index contributed by atoms with van der Waals surface area (Å²) in [5.74, 6) is 1.98. The molecule has 0 aliphatic heterocycles. The topological polar surface area (TPSA) is 8.81 Å². The van der Waals surface area contributed by atoms with Crippen LogP contribution in [-0.2, 0) is 7.05 Å². The molecule has 0 saturated carbocycles. The number of hydrogen-bond donors (Lipinski definition) is 0. The first kappa shape index (κ1) is 24.1. The predicted molar refractivity (Wildman–Crippen MR) is 153 cm³/mol. The summed E-state index contributed by atoms with van der Waals surface area (Å²) in [5, 5.41) is 0. The molecule has 0 amide bonds. The molecule has 2 nitrogen and oxygen atoms in total. The van der Waals surface area contributed by atoms with Gasteiger partial charge in [-0.25, -0.2) is 4.57 Å². The van der Waals surface area contributed by atoms with Gasteiger partial charge in [-0.1, -0.05) is 87.9 Å². The maximum absolute atomic E-state index is 2.54. The van der Waals surface area contributed by atoms with E-state index in [0.29, 0.717) is 11.8 Å². The Morgan fingerprint density at radius 2 is 1.28 bits per heavy atom. The van der Waals surface area contributed by atoms with Crippen LogP contribution in [0.5, 0.6) is 0 Å². The highest BCUT2D eigenvalue weighted by Crippen LogP contribution is 2.40. The van der Waals surface area contributed by atoms with Gasteiger partial charge < -0.3 is 0 Å². The van der Waals surface area contributed by atoms with Gasteiger partial charge in [0.15, 0.2) is 11.0 Å². The minimum Gasteiger partial charge on any atom is -0.225 e. The molecule has 5 rings (SSSR count). The molecule has 0 unspecified atom stereocenters. The van der Waals surface area contributed by atoms with Gasteiger partial charge in [-0.2, -0.15) is 4.57 Å². The molecule has 0 aliphatic rings. The highest BCUT2D eigenvalue weighted by molar-refractivity contribution is 5.82. The normalized spacial score (nSPS) is 11.7. The van der Waals surface area contributed by atoms with E-state index in [4.69, 9.17) is 0 Å². The second-order valence-corrected chi connectivity index (χ2v) is 10.7. The molecule has 0 spiro atoms. The van der Waals surface area contributed by atoms with Crippen LogP contribution in [0.4, 0.5) is 0 Å². The minimum atomic E-state index is 0.374. The van der Waals surface area contributed by atoms with E-state index in [1.807, 2.05) is 0 Å². The zero-order chi connectivity index (χ0) is 25.6. The maximum atomic E-state index is 2.54. The van der Waals surface area contributed by atoms with Crippen molar-refractivity contribution in [3.63, 3.8) is 0 Å². The van der Waals surface area contributed by atoms with E-state index in [2.05, 4.69) is 143 Å². The van der Waals surface area contributed by atoms with Gasteiger partial charge in [0, 0.05) is 11.1 Å². The lowest BCUT2D eigenvalue weighted by atomic mass is 9.88. The van der Waals surface area contributed by atoms with E-state index in [-0.39, 0.29) is 0 Å². The first-order chi connectivity index (χ1) is 17.3. The van der Waals surface area contributed by atoms with Crippen LogP contribution in [0.25, 0.3) is 39.2 Å². The van der Waals surface area contributed by atoms with E-state index >= 15 is 0 Å². The minimum absolute atomic E-state index is 0.374. The molecule has 0 saturated heterocycles. The van der Waals surface area contributed by atoms with Gasteiger partial charge in [0.05, 0.1) is 12.6 Å². The maximum Gasteiger partial charge on any atom is 0.295 e. The van der Waals surface area contributed by atoms with Crippen molar-refractivity contribution >= 4 is 11.0 Å². The van der Waals surface area contributed by atoms with Crippen LogP contribution < -0.4 is 4.57 Å². The predicted octanol–water partition coefficient (Wildman–Crippen LogP) is 8.65. The van der Waals surface area contributed by atoms with E-state index < -0.39 is 0 Å². The zero-order valence-corrected chi connectivity index (χ0v) is 22.6. The van der Waals surface area contributed by atoms with E-state index in [1.165, 1.54) is 61.5 Å². The van der Waals surface area contributed by atoms with Crippen molar-refractivity contribution in [2.24, 2.45) is 7.05 Å². The smallest absolute Gasteiger partial charge is 0.225 e. The summed E-state index contributed by atoms with van der Waals surface area (Å²) >= 11 is 0. The Bertz CT molecular complexity index is 1520. The van der Waals surface area contributed by atoms with Crippen LogP contribution >= 0.6 is 0 Å². The monoisotopic (exact) mass is 473 g/mol. The number of rotatable bonds is 5. The quantitative estimate of drug-likeness (QED) is 0.226. The highest BCUT2D eigenvalue weighted by Gasteiger charge is 2.31. The Morgan fingerprint density at radius 1 is 0.667 bits per heavy atom. The lowest BCUT2D eigenvalue weighted by Gasteiger charge is -2.21. The van der Waals surface area contributed by atoms with Crippen LogP contribution in [0, 0.1) is 13.8 Å². The van der Waals surface area contributed by atoms with Crippen LogP contribution in [0.1, 0.15) is 61.8 Å². The highest BCUT2D eigenvalue weighted by atomic mass is 15.2. The molecule has 36 heavy (non-hydrogen) atoms. The summed E-state index contributed by atoms with van der Waals surface area (Å²) in [6.45, 7) is 13.7. The number of hydrogen-bond acceptors (Lipinski definition) is 0. The van der Waals surface area contributed by atoms with Crippen molar-refractivity contribution in [2.45, 2.75) is 53.4 Å². The van der Waals surface area contributed by atoms with Crippen LogP contribution in [0.2, 0.25) is 0 Å². The summed E-state index contributed by atoms with van der Waals surface area (Å²) in [6.07, 6.45) is 0. The molecular weight excluding hydrogens is 436 g/mol. The SMILES string of the molecule is Cc1ccc(C)c(-c2n(-c3c(C(C)C)cc(-c4ccccc4)cc3C(C)C)c3ccccc3[n+]2C)c1. The molecule has 0 atom stereocenters. The van der Waals surface area contributed by atoms with Gasteiger partial charge in [-0.15, -0.1) is 0 Å². The molecule has 4 aromatic carbocycles. The summed E-state index contributed by atoms with van der Waals surface area (Å²) in [4.78, 5) is 0. The molecule has 0 N–H and O–H groups in total. The standard InChI is InChI=1S/C34H37N2/c1-22(2)28-20-27(26-13-9-8-10-14-26)21-29(23(3)4)33(28)36-32-16-12-11-15-31(32)35(7)34(36)30-19-24(5)17-18-25(30)6/h8-23H,1-7H3/q+1. The first-order valence-electron chi connectivity index (χ1n) is 13.1. The van der Waals surface area contributed by atoms with Gasteiger partial charge >= 0.3 is 0 Å². The van der Waals surface area contributed by atoms with Gasteiger partial charge in [-0.05, 0) is 72.7 Å². The number of aryl methyl sites for hydroxylation is 3. The molecule has 1 heterocycles. The van der Waals surface area contributed by atoms with Crippen molar-refractivity contribution in [3.8, 4) is 28.2 Å². The first-order valence-corrected chi connectivity index (χ1v) is 13.1. The fraction of sp³-hybridized carbons (Fsp3) is 0.265. The van der Waals surface area contributed by atoms with Crippen molar-refractivity contribution in [2.75, 3.05) is 0 Å². The fourth-order valence-corrected chi connectivity index (χ4v) is 5.44. The Kier molecular flexibility index (Phi) is 6.30. The fourth-order valence-electron chi connectivity index (χ4n) is 5.44. The van der Waals surface area contributed by atoms with Crippen LogP contribution in [0.3, 0.4) is 0 Å². The number of para-hydroxylation sites is 2. The number of benzene rings is 4. The molecule has 1 aromatic heterocycles. The average Bonchev–Trinajstić information content (AvgIpc) is 3.17. The second kappa shape index (κ2) is 9.43. The molecule has 182 valence electrons. The van der Waals surface area contributed by atoms with Gasteiger partial charge in [-0.3, -0.25) is 0 Å². The number of aromatic nitrogens is 2. The Labute approximate surface area is 215 Å². The Morgan fingerprint density at radius 3 is 1.92 bits per heavy atom. The van der Waals surface area contributed by atoms with E-state index in [1.54, 1.807) is 0 Å². The summed E-state index contributed by atoms with van der Waals surface area (Å²) in [6, 6.07) is 31.2. The zero-order valence-electron chi connectivity index (χ0n) is 22.6. The molecule has 0 bridgehead atoms. The Hall–Kier alpha value is -3.65. The lowest BCUT2D eigenvalue weighted by Crippen LogP contribution is -2.30. The van der Waals surface area contributed by atoms with Crippen LogP contribution in [0.15, 0.2) is 84.9 Å². The van der Waals surface area contributed by atoms with Gasteiger partial charge in [0.2, 0.25) is 0 Å². The summed E-state index contributed by atoms with van der Waals surface area (Å²) < 4.78 is 4.91. The summed E-state index contributed by atoms with van der Waals surface area (Å²) in [7, 11) is 2.21. The molecule has 2 heteroatoms. The number of fused-ring (bicyclic) bond motifs is 1. The summed E-state index contributed by atoms with van der Waals surface area (Å²) in [5.41, 5.74) is 13.0. The number of nitrogens with zero attached hydrogens (tertiary/aromatic N) is 2. The van der Waals surface area contributed by atoms with E-state index in [0.717, 1.165) is 0 Å². The average molecular weight is 474 g/mol. The molecular formula is C34H37N2+. The van der Waals surface area contributed by atoms with Crippen molar-refractivity contribution in [1.29, 1.82) is 0 Å². The van der Waals surface area contributed by atoms with Crippen molar-refractivity contribution < 1.29 is 4.57 Å². The van der Waals surface area contributed by atoms with E-state index in [9.17, 15) is 0 Å². The third kappa shape index (κ3) is 4.05. The van der Waals surface area contributed by atoms with Crippen molar-refractivity contribution in [1.82, 2.24) is 4.57 Å². The third-order valence-electron chi connectivity index (χ3n) is 7.39. The Balaban J connectivity index is 1.95. The molecule has 0 aliphatic carbocycles. The lowest BCUT2D eigenvalue weighted by molar-refractivity contribution is -0.633. The van der Waals surface area contributed by atoms with Gasteiger partial charge in [0.25, 0.3) is 5.82 Å².